The lowest BCUT2D eigenvalue weighted by Crippen LogP contribution is -2.34. The van der Waals surface area contributed by atoms with E-state index in [4.69, 9.17) is 10.2 Å². The van der Waals surface area contributed by atoms with Crippen LogP contribution < -0.4 is 10.8 Å². The van der Waals surface area contributed by atoms with E-state index in [0.29, 0.717) is 19.5 Å². The fourth-order valence-electron chi connectivity index (χ4n) is 3.46. The van der Waals surface area contributed by atoms with Crippen molar-refractivity contribution < 1.29 is 14.8 Å². The summed E-state index contributed by atoms with van der Waals surface area (Å²) in [5, 5.41) is 12.1. The van der Waals surface area contributed by atoms with Gasteiger partial charge < -0.3 is 15.1 Å². The molecule has 3 N–H and O–H groups in total. The Hall–Kier alpha value is -2.91. The number of fused-ring (bicyclic) bond motifs is 1. The lowest BCUT2D eigenvalue weighted by atomic mass is 10.1. The second kappa shape index (κ2) is 13.6. The first-order chi connectivity index (χ1) is 15.8. The zero-order valence-electron chi connectivity index (χ0n) is 20.3. The minimum Gasteiger partial charge on any atom is -0.369 e. The van der Waals surface area contributed by atoms with Gasteiger partial charge in [0.2, 0.25) is 5.91 Å². The third-order valence-corrected chi connectivity index (χ3v) is 5.47. The maximum absolute atomic E-state index is 12.5. The first-order valence-electron chi connectivity index (χ1n) is 11.6. The van der Waals surface area contributed by atoms with E-state index in [-0.39, 0.29) is 5.91 Å². The number of hydrogen-bond donors (Lipinski definition) is 3. The number of carbonyl (C=O) groups excluding carboxylic acids is 2. The average molecular weight is 459 g/mol. The lowest BCUT2D eigenvalue weighted by Gasteiger charge is -2.20. The first kappa shape index (κ1) is 26.3. The van der Waals surface area contributed by atoms with Crippen LogP contribution in [0.15, 0.2) is 24.4 Å². The molecule has 0 saturated heterocycles. The second-order valence-corrected chi connectivity index (χ2v) is 8.51. The Kier molecular flexibility index (Phi) is 10.9. The molecule has 0 aromatic carbocycles. The van der Waals surface area contributed by atoms with Crippen LogP contribution in [0.25, 0.3) is 11.7 Å². The Balaban J connectivity index is 2.13. The third-order valence-electron chi connectivity index (χ3n) is 5.47. The number of anilines is 1. The molecule has 0 atom stereocenters. The highest BCUT2D eigenvalue weighted by Crippen LogP contribution is 2.22. The van der Waals surface area contributed by atoms with Crippen LogP contribution in [0.3, 0.4) is 0 Å². The van der Waals surface area contributed by atoms with Crippen LogP contribution in [-0.4, -0.2) is 77.0 Å². The molecule has 0 radical (unpaired) electrons. The normalized spacial score (nSPS) is 11.5. The molecule has 0 fully saturated rings. The molecule has 0 spiro atoms. The number of likely N-dealkylation sites (N-methyl/N-ethyl adjacent to an activating group) is 2. The molecule has 0 aliphatic rings. The van der Waals surface area contributed by atoms with Gasteiger partial charge in [-0.15, -0.1) is 0 Å². The topological polar surface area (TPSA) is 102 Å². The lowest BCUT2D eigenvalue weighted by molar-refractivity contribution is -0.129. The van der Waals surface area contributed by atoms with Gasteiger partial charge in [0.25, 0.3) is 5.91 Å². The largest absolute Gasteiger partial charge is 0.369 e. The van der Waals surface area contributed by atoms with Gasteiger partial charge in [0.15, 0.2) is 0 Å². The molecule has 2 rings (SSSR count). The molecule has 33 heavy (non-hydrogen) atoms. The summed E-state index contributed by atoms with van der Waals surface area (Å²) in [6.45, 7) is 4.26. The third kappa shape index (κ3) is 8.51. The van der Waals surface area contributed by atoms with Crippen LogP contribution in [0.2, 0.25) is 0 Å². The SMILES string of the molecule is CCCCCCc1nc2cc(C=CC(=O)NO)ccn2c1NCCC(=O)N(C)CCN(C)C. The summed E-state index contributed by atoms with van der Waals surface area (Å²) >= 11 is 0. The predicted octanol–water partition coefficient (Wildman–Crippen LogP) is 2.80. The van der Waals surface area contributed by atoms with Crippen molar-refractivity contribution >= 4 is 29.4 Å². The number of nitrogens with one attached hydrogen (secondary N) is 2. The molecule has 2 aromatic rings. The Labute approximate surface area is 196 Å². The number of imidazole rings is 1. The number of pyridine rings is 1. The average Bonchev–Trinajstić information content (AvgIpc) is 3.15. The summed E-state index contributed by atoms with van der Waals surface area (Å²) in [5.41, 5.74) is 4.13. The molecule has 2 heterocycles. The van der Waals surface area contributed by atoms with Gasteiger partial charge in [-0.05, 0) is 50.7 Å². The number of aryl methyl sites for hydroxylation is 1. The molecular formula is C24H38N6O3. The van der Waals surface area contributed by atoms with Crippen molar-refractivity contribution in [2.75, 3.05) is 46.1 Å². The molecule has 0 saturated carbocycles. The predicted molar refractivity (Wildman–Crippen MR) is 131 cm³/mol. The minimum atomic E-state index is -0.586. The van der Waals surface area contributed by atoms with E-state index in [1.165, 1.54) is 18.9 Å². The summed E-state index contributed by atoms with van der Waals surface area (Å²) in [4.78, 5) is 32.4. The number of nitrogens with zero attached hydrogens (tertiary/aromatic N) is 4. The van der Waals surface area contributed by atoms with Gasteiger partial charge in [0.1, 0.15) is 11.5 Å². The number of hydrogen-bond acceptors (Lipinski definition) is 6. The summed E-state index contributed by atoms with van der Waals surface area (Å²) < 4.78 is 1.98. The van der Waals surface area contributed by atoms with Gasteiger partial charge in [0.05, 0.1) is 5.69 Å². The van der Waals surface area contributed by atoms with E-state index in [9.17, 15) is 9.59 Å². The Morgan fingerprint density at radius 1 is 1.18 bits per heavy atom. The van der Waals surface area contributed by atoms with Gasteiger partial charge in [-0.1, -0.05) is 26.2 Å². The number of amides is 2. The highest BCUT2D eigenvalue weighted by Gasteiger charge is 2.14. The minimum absolute atomic E-state index is 0.109. The molecule has 0 aliphatic heterocycles. The van der Waals surface area contributed by atoms with Crippen molar-refractivity contribution in [1.29, 1.82) is 0 Å². The van der Waals surface area contributed by atoms with E-state index in [1.807, 2.05) is 43.9 Å². The Morgan fingerprint density at radius 2 is 1.97 bits per heavy atom. The molecule has 0 bridgehead atoms. The van der Waals surface area contributed by atoms with Crippen LogP contribution in [0.5, 0.6) is 0 Å². The number of rotatable bonds is 14. The van der Waals surface area contributed by atoms with E-state index in [2.05, 4.69) is 17.1 Å². The van der Waals surface area contributed by atoms with Crippen molar-refractivity contribution in [3.8, 4) is 0 Å². The van der Waals surface area contributed by atoms with E-state index in [1.54, 1.807) is 16.5 Å². The van der Waals surface area contributed by atoms with Crippen LogP contribution in [0.1, 0.15) is 50.3 Å². The zero-order chi connectivity index (χ0) is 24.2. The quantitative estimate of drug-likeness (QED) is 0.174. The maximum Gasteiger partial charge on any atom is 0.267 e. The van der Waals surface area contributed by atoms with Crippen LogP contribution in [0, 0.1) is 0 Å². The number of aromatic nitrogens is 2. The molecular weight excluding hydrogens is 420 g/mol. The van der Waals surface area contributed by atoms with Crippen molar-refractivity contribution in [3.05, 3.63) is 35.7 Å². The zero-order valence-corrected chi connectivity index (χ0v) is 20.3. The van der Waals surface area contributed by atoms with Gasteiger partial charge >= 0.3 is 0 Å². The molecule has 2 amide bonds. The Morgan fingerprint density at radius 3 is 2.67 bits per heavy atom. The summed E-state index contributed by atoms with van der Waals surface area (Å²) in [6, 6.07) is 3.77. The number of hydroxylamine groups is 1. The molecule has 0 aliphatic carbocycles. The fraction of sp³-hybridized carbons (Fsp3) is 0.542. The molecule has 9 nitrogen and oxygen atoms in total. The van der Waals surface area contributed by atoms with Crippen LogP contribution >= 0.6 is 0 Å². The van der Waals surface area contributed by atoms with Gasteiger partial charge in [-0.25, -0.2) is 10.5 Å². The van der Waals surface area contributed by atoms with Gasteiger partial charge in [0, 0.05) is 45.4 Å². The maximum atomic E-state index is 12.5. The van der Waals surface area contributed by atoms with Gasteiger partial charge in [-0.2, -0.15) is 0 Å². The Bertz CT molecular complexity index is 938. The first-order valence-corrected chi connectivity index (χ1v) is 11.6. The monoisotopic (exact) mass is 458 g/mol. The molecule has 2 aromatic heterocycles. The molecule has 9 heteroatoms. The highest BCUT2D eigenvalue weighted by molar-refractivity contribution is 5.91. The standard InChI is InChI=1S/C24H38N6O3/c1-5-6-7-8-9-20-24(25-14-12-23(32)29(4)17-16-28(2)3)30-15-13-19(18-21(30)26-20)10-11-22(31)27-33/h10-11,13,15,18,25,33H,5-9,12,14,16-17H2,1-4H3,(H,27,31). The smallest absolute Gasteiger partial charge is 0.267 e. The van der Waals surface area contributed by atoms with Crippen LogP contribution in [0.4, 0.5) is 5.82 Å². The van der Waals surface area contributed by atoms with Crippen molar-refractivity contribution in [1.82, 2.24) is 24.7 Å². The number of unbranched alkanes of at least 4 members (excludes halogenated alkanes) is 3. The van der Waals surface area contributed by atoms with E-state index < -0.39 is 5.91 Å². The number of carbonyl (C=O) groups is 2. The highest BCUT2D eigenvalue weighted by atomic mass is 16.5. The van der Waals surface area contributed by atoms with Crippen LogP contribution in [-0.2, 0) is 16.0 Å². The van der Waals surface area contributed by atoms with Crippen molar-refractivity contribution in [2.24, 2.45) is 0 Å². The second-order valence-electron chi connectivity index (χ2n) is 8.51. The molecule has 182 valence electrons. The van der Waals surface area contributed by atoms with Crippen molar-refractivity contribution in [2.45, 2.75) is 45.4 Å². The van der Waals surface area contributed by atoms with E-state index in [0.717, 1.165) is 48.5 Å². The summed E-state index contributed by atoms with van der Waals surface area (Å²) in [6.07, 6.45) is 10.6. The summed E-state index contributed by atoms with van der Waals surface area (Å²) in [5.74, 6) is 0.434. The van der Waals surface area contributed by atoms with E-state index >= 15 is 0 Å². The summed E-state index contributed by atoms with van der Waals surface area (Å²) in [7, 11) is 5.83. The van der Waals surface area contributed by atoms with Crippen molar-refractivity contribution in [3.63, 3.8) is 0 Å². The molecule has 0 unspecified atom stereocenters. The van der Waals surface area contributed by atoms with Gasteiger partial charge in [-0.3, -0.25) is 19.2 Å². The fourth-order valence-corrected chi connectivity index (χ4v) is 3.46.